The summed E-state index contributed by atoms with van der Waals surface area (Å²) in [6, 6.07) is 0. The zero-order valence-electron chi connectivity index (χ0n) is 15.3. The summed E-state index contributed by atoms with van der Waals surface area (Å²) in [5.41, 5.74) is 0.424. The first kappa shape index (κ1) is 18.5. The van der Waals surface area contributed by atoms with E-state index in [9.17, 15) is 0 Å². The van der Waals surface area contributed by atoms with Gasteiger partial charge < -0.3 is 19.7 Å². The molecule has 1 heterocycles. The Morgan fingerprint density at radius 1 is 1.35 bits per heavy atom. The van der Waals surface area contributed by atoms with Crippen LogP contribution in [0, 0.1) is 11.3 Å². The Kier molecular flexibility index (Phi) is 7.63. The van der Waals surface area contributed by atoms with E-state index < -0.39 is 0 Å². The normalized spacial score (nSPS) is 21.8. The molecule has 1 aliphatic carbocycles. The summed E-state index contributed by atoms with van der Waals surface area (Å²) in [6.07, 6.45) is 8.77. The molecule has 0 spiro atoms. The fourth-order valence-electron chi connectivity index (χ4n) is 3.68. The van der Waals surface area contributed by atoms with Gasteiger partial charge in [0.2, 0.25) is 0 Å². The molecule has 0 aromatic heterocycles. The number of methoxy groups -OCH3 is 1. The Morgan fingerprint density at radius 3 is 2.65 bits per heavy atom. The van der Waals surface area contributed by atoms with Gasteiger partial charge in [-0.3, -0.25) is 4.99 Å². The van der Waals surface area contributed by atoms with Crippen molar-refractivity contribution < 1.29 is 9.47 Å². The van der Waals surface area contributed by atoms with E-state index in [-0.39, 0.29) is 0 Å². The minimum Gasteiger partial charge on any atom is -0.385 e. The molecule has 0 aromatic carbocycles. The smallest absolute Gasteiger partial charge is 0.193 e. The molecule has 23 heavy (non-hydrogen) atoms. The molecule has 5 heteroatoms. The molecule has 0 atom stereocenters. The topological polar surface area (TPSA) is 46.1 Å². The number of nitrogens with one attached hydrogen (secondary N) is 1. The summed E-state index contributed by atoms with van der Waals surface area (Å²) in [6.45, 7) is 4.81. The molecule has 1 saturated carbocycles. The maximum absolute atomic E-state index is 5.44. The van der Waals surface area contributed by atoms with Crippen molar-refractivity contribution >= 4 is 5.96 Å². The lowest BCUT2D eigenvalue weighted by Crippen LogP contribution is -2.47. The predicted octanol–water partition coefficient (Wildman–Crippen LogP) is 2.52. The molecular formula is C18H35N3O2. The molecule has 0 aromatic rings. The molecule has 134 valence electrons. The van der Waals surface area contributed by atoms with Gasteiger partial charge in [-0.25, -0.2) is 0 Å². The highest BCUT2D eigenvalue weighted by molar-refractivity contribution is 5.79. The van der Waals surface area contributed by atoms with Crippen molar-refractivity contribution in [3.8, 4) is 0 Å². The van der Waals surface area contributed by atoms with E-state index in [4.69, 9.17) is 9.47 Å². The summed E-state index contributed by atoms with van der Waals surface area (Å²) >= 11 is 0. The summed E-state index contributed by atoms with van der Waals surface area (Å²) in [4.78, 5) is 6.74. The molecule has 1 saturated heterocycles. The Morgan fingerprint density at radius 2 is 2.09 bits per heavy atom. The Balaban J connectivity index is 1.72. The van der Waals surface area contributed by atoms with Crippen molar-refractivity contribution in [1.29, 1.82) is 0 Å². The minimum absolute atomic E-state index is 0.424. The van der Waals surface area contributed by atoms with Gasteiger partial charge in [-0.05, 0) is 49.9 Å². The lowest BCUT2D eigenvalue weighted by Gasteiger charge is -2.42. The first-order chi connectivity index (χ1) is 11.2. The molecule has 0 bridgehead atoms. The monoisotopic (exact) mass is 325 g/mol. The second-order valence-electron chi connectivity index (χ2n) is 7.26. The van der Waals surface area contributed by atoms with E-state index in [1.807, 2.05) is 7.05 Å². The third kappa shape index (κ3) is 5.64. The van der Waals surface area contributed by atoms with Gasteiger partial charge in [-0.1, -0.05) is 6.42 Å². The summed E-state index contributed by atoms with van der Waals surface area (Å²) < 4.78 is 10.7. The molecule has 1 aliphatic heterocycles. The van der Waals surface area contributed by atoms with Gasteiger partial charge in [0.15, 0.2) is 5.96 Å². The Hall–Kier alpha value is -0.810. The highest BCUT2D eigenvalue weighted by Gasteiger charge is 2.36. The van der Waals surface area contributed by atoms with Crippen molar-refractivity contribution in [2.24, 2.45) is 16.3 Å². The lowest BCUT2D eigenvalue weighted by molar-refractivity contribution is 0.0622. The van der Waals surface area contributed by atoms with E-state index >= 15 is 0 Å². The van der Waals surface area contributed by atoms with Gasteiger partial charge in [-0.2, -0.15) is 0 Å². The summed E-state index contributed by atoms with van der Waals surface area (Å²) in [7, 11) is 5.83. The van der Waals surface area contributed by atoms with Crippen molar-refractivity contribution in [2.75, 3.05) is 54.1 Å². The molecule has 0 radical (unpaired) electrons. The van der Waals surface area contributed by atoms with Crippen LogP contribution in [0.15, 0.2) is 4.99 Å². The Bertz CT molecular complexity index is 363. The maximum atomic E-state index is 5.44. The maximum Gasteiger partial charge on any atom is 0.193 e. The van der Waals surface area contributed by atoms with E-state index in [0.717, 1.165) is 51.2 Å². The quantitative estimate of drug-likeness (QED) is 0.550. The van der Waals surface area contributed by atoms with Crippen LogP contribution in [-0.2, 0) is 9.47 Å². The van der Waals surface area contributed by atoms with E-state index in [2.05, 4.69) is 22.3 Å². The van der Waals surface area contributed by atoms with Crippen LogP contribution >= 0.6 is 0 Å². The minimum atomic E-state index is 0.424. The second-order valence-corrected chi connectivity index (χ2v) is 7.26. The number of ether oxygens (including phenoxy) is 2. The van der Waals surface area contributed by atoms with Crippen LogP contribution in [0.3, 0.4) is 0 Å². The first-order valence-corrected chi connectivity index (χ1v) is 9.17. The first-order valence-electron chi connectivity index (χ1n) is 9.17. The SMILES string of the molecule is CN=C(NCC1(CCOC)CCC1)N(C)CCC1CCOCC1. The second kappa shape index (κ2) is 9.48. The van der Waals surface area contributed by atoms with Gasteiger partial charge in [0.1, 0.15) is 0 Å². The van der Waals surface area contributed by atoms with Crippen LogP contribution in [0.5, 0.6) is 0 Å². The van der Waals surface area contributed by atoms with Gasteiger partial charge in [0.25, 0.3) is 0 Å². The number of guanidine groups is 1. The van der Waals surface area contributed by atoms with Crippen molar-refractivity contribution in [3.63, 3.8) is 0 Å². The molecule has 2 aliphatic rings. The molecule has 2 rings (SSSR count). The van der Waals surface area contributed by atoms with Gasteiger partial charge in [0, 0.05) is 54.1 Å². The van der Waals surface area contributed by atoms with Crippen molar-refractivity contribution in [2.45, 2.75) is 44.9 Å². The average Bonchev–Trinajstić information content (AvgIpc) is 2.55. The summed E-state index contributed by atoms with van der Waals surface area (Å²) in [5, 5.41) is 3.60. The number of hydrogen-bond acceptors (Lipinski definition) is 3. The highest BCUT2D eigenvalue weighted by atomic mass is 16.5. The van der Waals surface area contributed by atoms with Gasteiger partial charge in [0.05, 0.1) is 0 Å². The average molecular weight is 325 g/mol. The fourth-order valence-corrected chi connectivity index (χ4v) is 3.68. The van der Waals surface area contributed by atoms with Crippen LogP contribution in [0.1, 0.15) is 44.9 Å². The molecule has 1 N–H and O–H groups in total. The predicted molar refractivity (Wildman–Crippen MR) is 94.9 cm³/mol. The number of nitrogens with zero attached hydrogens (tertiary/aromatic N) is 2. The van der Waals surface area contributed by atoms with E-state index in [1.54, 1.807) is 7.11 Å². The number of hydrogen-bond donors (Lipinski definition) is 1. The lowest BCUT2D eigenvalue weighted by atomic mass is 9.67. The molecular weight excluding hydrogens is 290 g/mol. The number of rotatable bonds is 8. The molecule has 5 nitrogen and oxygen atoms in total. The van der Waals surface area contributed by atoms with Crippen LogP contribution in [0.4, 0.5) is 0 Å². The third-order valence-electron chi connectivity index (χ3n) is 5.66. The van der Waals surface area contributed by atoms with Crippen molar-refractivity contribution in [3.05, 3.63) is 0 Å². The number of aliphatic imine (C=N–C) groups is 1. The molecule has 0 amide bonds. The highest BCUT2D eigenvalue weighted by Crippen LogP contribution is 2.43. The van der Waals surface area contributed by atoms with Crippen LogP contribution in [-0.4, -0.2) is 65.0 Å². The largest absolute Gasteiger partial charge is 0.385 e. The van der Waals surface area contributed by atoms with Gasteiger partial charge in [-0.15, -0.1) is 0 Å². The van der Waals surface area contributed by atoms with Crippen LogP contribution in [0.25, 0.3) is 0 Å². The van der Waals surface area contributed by atoms with Gasteiger partial charge >= 0.3 is 0 Å². The summed E-state index contributed by atoms with van der Waals surface area (Å²) in [5.74, 6) is 1.84. The zero-order chi connectivity index (χ0) is 16.5. The Labute approximate surface area is 141 Å². The molecule has 0 unspecified atom stereocenters. The third-order valence-corrected chi connectivity index (χ3v) is 5.66. The zero-order valence-corrected chi connectivity index (χ0v) is 15.3. The fraction of sp³-hybridized carbons (Fsp3) is 0.944. The molecule has 2 fully saturated rings. The standard InChI is InChI=1S/C18H35N3O2/c1-19-17(20-15-18(8-4-9-18)10-14-22-3)21(2)11-5-16-6-12-23-13-7-16/h16H,4-15H2,1-3H3,(H,19,20). The van der Waals surface area contributed by atoms with E-state index in [1.165, 1.54) is 38.5 Å². The van der Waals surface area contributed by atoms with Crippen LogP contribution < -0.4 is 5.32 Å². The van der Waals surface area contributed by atoms with Crippen LogP contribution in [0.2, 0.25) is 0 Å². The van der Waals surface area contributed by atoms with Crippen molar-refractivity contribution in [1.82, 2.24) is 10.2 Å². The van der Waals surface area contributed by atoms with E-state index in [0.29, 0.717) is 5.41 Å².